The molecule has 2 unspecified atom stereocenters. The first-order valence-electron chi connectivity index (χ1n) is 10.0. The summed E-state index contributed by atoms with van der Waals surface area (Å²) in [4.78, 5) is 19.5. The number of aromatic nitrogens is 2. The number of hydrogen-bond acceptors (Lipinski definition) is 3. The predicted octanol–water partition coefficient (Wildman–Crippen LogP) is 4.50. The second-order valence-electron chi connectivity index (χ2n) is 8.38. The molecule has 5 nitrogen and oxygen atoms in total. The molecule has 1 amide bonds. The summed E-state index contributed by atoms with van der Waals surface area (Å²) in [5.74, 6) is 2.27. The number of aryl methyl sites for hydroxylation is 1. The van der Waals surface area contributed by atoms with Crippen LogP contribution in [0.25, 0.3) is 0 Å². The van der Waals surface area contributed by atoms with Crippen molar-refractivity contribution in [1.82, 2.24) is 14.5 Å². The van der Waals surface area contributed by atoms with E-state index >= 15 is 0 Å². The lowest BCUT2D eigenvalue weighted by Gasteiger charge is -2.35. The summed E-state index contributed by atoms with van der Waals surface area (Å²) < 4.78 is 2.16. The maximum Gasteiger partial charge on any atom is 0.253 e. The molecule has 0 spiro atoms. The molecular formula is C22H32N4O. The SMILES string of the molecule is Cc1ccc(C(=O)N2CC(C)CC(C)C2)cc1NCc1nccn1C(C)C. The Kier molecular flexibility index (Phi) is 5.88. The minimum absolute atomic E-state index is 0.139. The summed E-state index contributed by atoms with van der Waals surface area (Å²) in [7, 11) is 0. The molecule has 2 heterocycles. The number of benzene rings is 1. The normalized spacial score (nSPS) is 20.1. The molecular weight excluding hydrogens is 336 g/mol. The van der Waals surface area contributed by atoms with E-state index in [1.807, 2.05) is 35.5 Å². The van der Waals surface area contributed by atoms with Gasteiger partial charge in [-0.15, -0.1) is 0 Å². The summed E-state index contributed by atoms with van der Waals surface area (Å²) >= 11 is 0. The van der Waals surface area contributed by atoms with E-state index in [1.54, 1.807) is 0 Å². The molecule has 27 heavy (non-hydrogen) atoms. The Labute approximate surface area is 162 Å². The topological polar surface area (TPSA) is 50.2 Å². The van der Waals surface area contributed by atoms with Crippen molar-refractivity contribution < 1.29 is 4.79 Å². The quantitative estimate of drug-likeness (QED) is 0.845. The van der Waals surface area contributed by atoms with Gasteiger partial charge in [0.25, 0.3) is 5.91 Å². The Hall–Kier alpha value is -2.30. The Morgan fingerprint density at radius 2 is 1.96 bits per heavy atom. The highest BCUT2D eigenvalue weighted by molar-refractivity contribution is 5.95. The van der Waals surface area contributed by atoms with Gasteiger partial charge >= 0.3 is 0 Å². The number of amides is 1. The molecule has 1 aliphatic heterocycles. The van der Waals surface area contributed by atoms with Crippen LogP contribution >= 0.6 is 0 Å². The Bertz CT molecular complexity index is 785. The Morgan fingerprint density at radius 3 is 2.63 bits per heavy atom. The van der Waals surface area contributed by atoms with Gasteiger partial charge in [0.05, 0.1) is 6.54 Å². The molecule has 2 atom stereocenters. The molecule has 1 aromatic carbocycles. The minimum atomic E-state index is 0.139. The molecule has 1 aromatic heterocycles. The van der Waals surface area contributed by atoms with E-state index in [4.69, 9.17) is 0 Å². The van der Waals surface area contributed by atoms with E-state index in [2.05, 4.69) is 49.5 Å². The summed E-state index contributed by atoms with van der Waals surface area (Å²) in [6.45, 7) is 13.2. The van der Waals surface area contributed by atoms with Crippen LogP contribution in [-0.4, -0.2) is 33.4 Å². The molecule has 3 rings (SSSR count). The molecule has 2 aromatic rings. The van der Waals surface area contributed by atoms with E-state index in [1.165, 1.54) is 6.42 Å². The van der Waals surface area contributed by atoms with Crippen molar-refractivity contribution in [1.29, 1.82) is 0 Å². The van der Waals surface area contributed by atoms with E-state index in [9.17, 15) is 4.79 Å². The fraction of sp³-hybridized carbons (Fsp3) is 0.545. The van der Waals surface area contributed by atoms with Crippen molar-refractivity contribution in [3.05, 3.63) is 47.5 Å². The number of piperidine rings is 1. The van der Waals surface area contributed by atoms with Crippen LogP contribution in [0.4, 0.5) is 5.69 Å². The maximum absolute atomic E-state index is 13.0. The number of imidazole rings is 1. The monoisotopic (exact) mass is 368 g/mol. The lowest BCUT2D eigenvalue weighted by molar-refractivity contribution is 0.0623. The van der Waals surface area contributed by atoms with Gasteiger partial charge in [0, 0.05) is 42.8 Å². The third kappa shape index (κ3) is 4.52. The van der Waals surface area contributed by atoms with Crippen LogP contribution in [0.1, 0.15) is 61.9 Å². The first-order chi connectivity index (χ1) is 12.8. The lowest BCUT2D eigenvalue weighted by atomic mass is 9.91. The van der Waals surface area contributed by atoms with Crippen LogP contribution < -0.4 is 5.32 Å². The van der Waals surface area contributed by atoms with Crippen molar-refractivity contribution in [2.75, 3.05) is 18.4 Å². The average Bonchev–Trinajstić information content (AvgIpc) is 3.08. The molecule has 5 heteroatoms. The van der Waals surface area contributed by atoms with Crippen LogP contribution in [0.5, 0.6) is 0 Å². The summed E-state index contributed by atoms with van der Waals surface area (Å²) in [5, 5.41) is 3.47. The number of nitrogens with one attached hydrogen (secondary N) is 1. The van der Waals surface area contributed by atoms with Crippen LogP contribution in [0.2, 0.25) is 0 Å². The summed E-state index contributed by atoms with van der Waals surface area (Å²) in [5.41, 5.74) is 2.89. The average molecular weight is 369 g/mol. The summed E-state index contributed by atoms with van der Waals surface area (Å²) in [6.07, 6.45) is 5.04. The van der Waals surface area contributed by atoms with Crippen molar-refractivity contribution in [3.8, 4) is 0 Å². The first kappa shape index (κ1) is 19.5. The molecule has 0 aliphatic carbocycles. The molecule has 146 valence electrons. The van der Waals surface area contributed by atoms with Gasteiger partial charge in [0.15, 0.2) is 0 Å². The van der Waals surface area contributed by atoms with Crippen LogP contribution in [0.15, 0.2) is 30.6 Å². The fourth-order valence-corrected chi connectivity index (χ4v) is 4.08. The molecule has 1 fully saturated rings. The standard InChI is InChI=1S/C22H32N4O/c1-15(2)26-9-8-23-21(26)12-24-20-11-19(7-6-18(20)5)22(27)25-13-16(3)10-17(4)14-25/h6-9,11,15-17,24H,10,12-14H2,1-5H3. The Morgan fingerprint density at radius 1 is 1.26 bits per heavy atom. The van der Waals surface area contributed by atoms with Crippen LogP contribution in [0.3, 0.4) is 0 Å². The zero-order chi connectivity index (χ0) is 19.6. The van der Waals surface area contributed by atoms with Gasteiger partial charge in [-0.3, -0.25) is 4.79 Å². The highest BCUT2D eigenvalue weighted by Crippen LogP contribution is 2.24. The predicted molar refractivity (Wildman–Crippen MR) is 110 cm³/mol. The number of carbonyl (C=O) groups excluding carboxylic acids is 1. The zero-order valence-electron chi connectivity index (χ0n) is 17.2. The number of carbonyl (C=O) groups is 1. The highest BCUT2D eigenvalue weighted by Gasteiger charge is 2.26. The van der Waals surface area contributed by atoms with Gasteiger partial charge in [0.1, 0.15) is 5.82 Å². The highest BCUT2D eigenvalue weighted by atomic mass is 16.2. The Balaban J connectivity index is 1.74. The van der Waals surface area contributed by atoms with Crippen LogP contribution in [-0.2, 0) is 6.54 Å². The summed E-state index contributed by atoms with van der Waals surface area (Å²) in [6, 6.07) is 6.34. The molecule has 1 N–H and O–H groups in total. The molecule has 1 saturated heterocycles. The molecule has 0 bridgehead atoms. The van der Waals surface area contributed by atoms with E-state index in [-0.39, 0.29) is 5.91 Å². The van der Waals surface area contributed by atoms with Crippen LogP contribution in [0, 0.1) is 18.8 Å². The van der Waals surface area contributed by atoms with Crippen molar-refractivity contribution in [3.63, 3.8) is 0 Å². The van der Waals surface area contributed by atoms with Gasteiger partial charge in [-0.05, 0) is 56.7 Å². The largest absolute Gasteiger partial charge is 0.378 e. The fourth-order valence-electron chi connectivity index (χ4n) is 4.08. The maximum atomic E-state index is 13.0. The van der Waals surface area contributed by atoms with Gasteiger partial charge in [-0.25, -0.2) is 4.98 Å². The number of hydrogen-bond donors (Lipinski definition) is 1. The lowest BCUT2D eigenvalue weighted by Crippen LogP contribution is -2.42. The zero-order valence-corrected chi connectivity index (χ0v) is 17.2. The van der Waals surface area contributed by atoms with Gasteiger partial charge < -0.3 is 14.8 Å². The number of nitrogens with zero attached hydrogens (tertiary/aromatic N) is 3. The van der Waals surface area contributed by atoms with Gasteiger partial charge in [-0.1, -0.05) is 19.9 Å². The number of anilines is 1. The first-order valence-corrected chi connectivity index (χ1v) is 10.0. The third-order valence-electron chi connectivity index (χ3n) is 5.38. The van der Waals surface area contributed by atoms with Gasteiger partial charge in [0.2, 0.25) is 0 Å². The van der Waals surface area contributed by atoms with E-state index < -0.39 is 0 Å². The third-order valence-corrected chi connectivity index (χ3v) is 5.38. The second-order valence-corrected chi connectivity index (χ2v) is 8.38. The van der Waals surface area contributed by atoms with Crippen molar-refractivity contribution >= 4 is 11.6 Å². The second kappa shape index (κ2) is 8.15. The van der Waals surface area contributed by atoms with Crippen molar-refractivity contribution in [2.24, 2.45) is 11.8 Å². The number of rotatable bonds is 5. The molecule has 0 radical (unpaired) electrons. The van der Waals surface area contributed by atoms with E-state index in [0.717, 1.165) is 35.7 Å². The molecule has 1 aliphatic rings. The van der Waals surface area contributed by atoms with E-state index in [0.29, 0.717) is 24.4 Å². The van der Waals surface area contributed by atoms with Crippen molar-refractivity contribution in [2.45, 2.75) is 53.6 Å². The minimum Gasteiger partial charge on any atom is -0.378 e. The smallest absolute Gasteiger partial charge is 0.253 e. The molecule has 0 saturated carbocycles. The number of likely N-dealkylation sites (tertiary alicyclic amines) is 1. The van der Waals surface area contributed by atoms with Gasteiger partial charge in [-0.2, -0.15) is 0 Å².